The molecular formula is C12H17N5O2S. The number of nitrogen functional groups attached to an aromatic ring is 1. The van der Waals surface area contributed by atoms with Gasteiger partial charge in [-0.15, -0.1) is 0 Å². The zero-order chi connectivity index (χ0) is 14.5. The molecule has 1 unspecified atom stereocenters. The Labute approximate surface area is 120 Å². The van der Waals surface area contributed by atoms with E-state index in [0.29, 0.717) is 23.7 Å². The molecule has 108 valence electrons. The minimum atomic E-state index is -0.451. The maximum Gasteiger partial charge on any atom is 0.344 e. The standard InChI is InChI=1S/C12H17N5O2S/c1-3-19-12(18)9-10(13)16-20-11(9)15-8(2)7-17-6-4-5-14-17/h4-6,8,15H,3,7H2,1-2H3,(H2,13,16). The van der Waals surface area contributed by atoms with Gasteiger partial charge in [0.15, 0.2) is 5.82 Å². The molecule has 0 aliphatic heterocycles. The van der Waals surface area contributed by atoms with Gasteiger partial charge < -0.3 is 15.8 Å². The van der Waals surface area contributed by atoms with Gasteiger partial charge in [-0.05, 0) is 31.4 Å². The van der Waals surface area contributed by atoms with Gasteiger partial charge in [-0.25, -0.2) is 4.79 Å². The number of ether oxygens (including phenoxy) is 1. The number of carbonyl (C=O) groups is 1. The minimum absolute atomic E-state index is 0.0722. The first-order valence-electron chi connectivity index (χ1n) is 6.28. The van der Waals surface area contributed by atoms with Crippen molar-refractivity contribution in [1.29, 1.82) is 0 Å². The van der Waals surface area contributed by atoms with Gasteiger partial charge >= 0.3 is 5.97 Å². The predicted octanol–water partition coefficient (Wildman–Crippen LogP) is 1.60. The Balaban J connectivity index is 2.07. The molecule has 0 saturated carbocycles. The number of esters is 1. The molecule has 3 N–H and O–H groups in total. The van der Waals surface area contributed by atoms with Crippen LogP contribution in [0.1, 0.15) is 24.2 Å². The topological polar surface area (TPSA) is 95.1 Å². The first-order chi connectivity index (χ1) is 9.61. The summed E-state index contributed by atoms with van der Waals surface area (Å²) >= 11 is 1.15. The summed E-state index contributed by atoms with van der Waals surface area (Å²) in [6, 6.07) is 1.93. The Bertz CT molecular complexity index is 566. The zero-order valence-corrected chi connectivity index (χ0v) is 12.2. The van der Waals surface area contributed by atoms with E-state index in [2.05, 4.69) is 14.8 Å². The fourth-order valence-electron chi connectivity index (χ4n) is 1.76. The molecule has 0 aliphatic carbocycles. The van der Waals surface area contributed by atoms with E-state index in [1.165, 1.54) is 0 Å². The Morgan fingerprint density at radius 3 is 3.10 bits per heavy atom. The number of nitrogens with zero attached hydrogens (tertiary/aromatic N) is 3. The Hall–Kier alpha value is -2.09. The smallest absolute Gasteiger partial charge is 0.344 e. The Morgan fingerprint density at radius 2 is 2.45 bits per heavy atom. The van der Waals surface area contributed by atoms with Gasteiger partial charge in [0.25, 0.3) is 0 Å². The van der Waals surface area contributed by atoms with Crippen LogP contribution in [0.2, 0.25) is 0 Å². The summed E-state index contributed by atoms with van der Waals surface area (Å²) in [5.74, 6) is -0.255. The monoisotopic (exact) mass is 295 g/mol. The van der Waals surface area contributed by atoms with Gasteiger partial charge in [0.2, 0.25) is 0 Å². The molecule has 20 heavy (non-hydrogen) atoms. The lowest BCUT2D eigenvalue weighted by Gasteiger charge is -2.14. The second-order valence-electron chi connectivity index (χ2n) is 4.27. The number of nitrogens with one attached hydrogen (secondary N) is 1. The highest BCUT2D eigenvalue weighted by atomic mass is 32.1. The van der Waals surface area contributed by atoms with Crippen molar-refractivity contribution in [2.75, 3.05) is 17.7 Å². The van der Waals surface area contributed by atoms with Gasteiger partial charge in [0.1, 0.15) is 10.6 Å². The molecule has 0 saturated heterocycles. The Kier molecular flexibility index (Phi) is 4.57. The van der Waals surface area contributed by atoms with Crippen molar-refractivity contribution in [2.45, 2.75) is 26.4 Å². The molecule has 7 nitrogen and oxygen atoms in total. The predicted molar refractivity (Wildman–Crippen MR) is 77.8 cm³/mol. The molecule has 0 radical (unpaired) electrons. The summed E-state index contributed by atoms with van der Waals surface area (Å²) in [5.41, 5.74) is 6.03. The highest BCUT2D eigenvalue weighted by molar-refractivity contribution is 7.11. The van der Waals surface area contributed by atoms with E-state index in [4.69, 9.17) is 10.5 Å². The lowest BCUT2D eigenvalue weighted by Crippen LogP contribution is -2.23. The molecule has 2 aromatic rings. The Morgan fingerprint density at radius 1 is 1.65 bits per heavy atom. The molecule has 2 heterocycles. The van der Waals surface area contributed by atoms with Crippen molar-refractivity contribution >= 4 is 28.3 Å². The molecule has 2 rings (SSSR count). The number of hydrogen-bond donors (Lipinski definition) is 2. The van der Waals surface area contributed by atoms with Crippen LogP contribution in [0.3, 0.4) is 0 Å². The maximum atomic E-state index is 11.9. The van der Waals surface area contributed by atoms with Crippen LogP contribution < -0.4 is 11.1 Å². The van der Waals surface area contributed by atoms with Crippen molar-refractivity contribution in [2.24, 2.45) is 0 Å². The van der Waals surface area contributed by atoms with E-state index in [-0.39, 0.29) is 11.9 Å². The normalized spacial score (nSPS) is 12.1. The highest BCUT2D eigenvalue weighted by Crippen LogP contribution is 2.28. The molecule has 0 aliphatic rings. The number of carbonyl (C=O) groups excluding carboxylic acids is 1. The van der Waals surface area contributed by atoms with Crippen molar-refractivity contribution in [1.82, 2.24) is 14.2 Å². The summed E-state index contributed by atoms with van der Waals surface area (Å²) < 4.78 is 10.8. The first kappa shape index (κ1) is 14.3. The third-order valence-corrected chi connectivity index (χ3v) is 3.39. The zero-order valence-electron chi connectivity index (χ0n) is 11.4. The maximum absolute atomic E-state index is 11.9. The quantitative estimate of drug-likeness (QED) is 0.786. The van der Waals surface area contributed by atoms with E-state index in [0.717, 1.165) is 11.5 Å². The average Bonchev–Trinajstić information content (AvgIpc) is 3.00. The lowest BCUT2D eigenvalue weighted by molar-refractivity contribution is 0.0529. The van der Waals surface area contributed by atoms with Gasteiger partial charge in [-0.2, -0.15) is 9.47 Å². The summed E-state index contributed by atoms with van der Waals surface area (Å²) in [7, 11) is 0. The fraction of sp³-hybridized carbons (Fsp3) is 0.417. The van der Waals surface area contributed by atoms with Crippen molar-refractivity contribution < 1.29 is 9.53 Å². The van der Waals surface area contributed by atoms with Gasteiger partial charge in [-0.3, -0.25) is 4.68 Å². The number of nitrogens with two attached hydrogens (primary N) is 1. The number of rotatable bonds is 6. The fourth-order valence-corrected chi connectivity index (χ4v) is 2.57. The van der Waals surface area contributed by atoms with E-state index >= 15 is 0 Å². The van der Waals surface area contributed by atoms with Crippen LogP contribution in [-0.2, 0) is 11.3 Å². The summed E-state index contributed by atoms with van der Waals surface area (Å²) in [4.78, 5) is 11.9. The summed E-state index contributed by atoms with van der Waals surface area (Å²) in [6.07, 6.45) is 3.60. The number of aromatic nitrogens is 3. The average molecular weight is 295 g/mol. The van der Waals surface area contributed by atoms with Gasteiger partial charge in [-0.1, -0.05) is 0 Å². The van der Waals surface area contributed by atoms with Crippen LogP contribution in [0.4, 0.5) is 10.8 Å². The van der Waals surface area contributed by atoms with E-state index in [9.17, 15) is 4.79 Å². The molecule has 2 aromatic heterocycles. The van der Waals surface area contributed by atoms with E-state index < -0.39 is 5.97 Å². The van der Waals surface area contributed by atoms with Crippen LogP contribution in [0.5, 0.6) is 0 Å². The van der Waals surface area contributed by atoms with Crippen LogP contribution in [0.25, 0.3) is 0 Å². The largest absolute Gasteiger partial charge is 0.462 e. The summed E-state index contributed by atoms with van der Waals surface area (Å²) in [6.45, 7) is 4.72. The second kappa shape index (κ2) is 6.38. The number of anilines is 2. The summed E-state index contributed by atoms with van der Waals surface area (Å²) in [5, 5.41) is 7.99. The highest BCUT2D eigenvalue weighted by Gasteiger charge is 2.21. The molecule has 0 amide bonds. The van der Waals surface area contributed by atoms with Crippen molar-refractivity contribution in [3.63, 3.8) is 0 Å². The molecule has 8 heteroatoms. The van der Waals surface area contributed by atoms with Crippen molar-refractivity contribution in [3.8, 4) is 0 Å². The van der Waals surface area contributed by atoms with E-state index in [1.54, 1.807) is 13.1 Å². The first-order valence-corrected chi connectivity index (χ1v) is 7.05. The lowest BCUT2D eigenvalue weighted by atomic mass is 10.3. The third-order valence-electron chi connectivity index (χ3n) is 2.60. The van der Waals surface area contributed by atoms with Gasteiger partial charge in [0, 0.05) is 18.4 Å². The molecular weight excluding hydrogens is 278 g/mol. The van der Waals surface area contributed by atoms with Gasteiger partial charge in [0.05, 0.1) is 13.2 Å². The van der Waals surface area contributed by atoms with Crippen LogP contribution in [0.15, 0.2) is 18.5 Å². The number of hydrogen-bond acceptors (Lipinski definition) is 7. The van der Waals surface area contributed by atoms with Crippen molar-refractivity contribution in [3.05, 3.63) is 24.0 Å². The SMILES string of the molecule is CCOC(=O)c1c(N)nsc1NC(C)Cn1cccn1. The third kappa shape index (κ3) is 3.27. The van der Waals surface area contributed by atoms with Crippen LogP contribution >= 0.6 is 11.5 Å². The molecule has 1 atom stereocenters. The van der Waals surface area contributed by atoms with E-state index in [1.807, 2.05) is 23.9 Å². The van der Waals surface area contributed by atoms with Crippen LogP contribution in [0, 0.1) is 0 Å². The second-order valence-corrected chi connectivity index (χ2v) is 5.04. The molecule has 0 aromatic carbocycles. The molecule has 0 spiro atoms. The van der Waals surface area contributed by atoms with Crippen LogP contribution in [-0.4, -0.2) is 32.8 Å². The molecule has 0 bridgehead atoms. The molecule has 0 fully saturated rings. The minimum Gasteiger partial charge on any atom is -0.462 e.